The molecule has 34 heavy (non-hydrogen) atoms. The average Bonchev–Trinajstić information content (AvgIpc) is 3.44. The zero-order chi connectivity index (χ0) is 23.3. The molecule has 1 aliphatic heterocycles. The molecule has 4 aromatic rings. The lowest BCUT2D eigenvalue weighted by molar-refractivity contribution is 0.484. The minimum Gasteiger partial charge on any atom is -0.378 e. The van der Waals surface area contributed by atoms with Gasteiger partial charge in [0.15, 0.2) is 0 Å². The number of likely N-dealkylation sites (tertiary alicyclic amines) is 1. The Balaban J connectivity index is 1.61. The van der Waals surface area contributed by atoms with Crippen molar-refractivity contribution in [3.63, 3.8) is 0 Å². The predicted octanol–water partition coefficient (Wildman–Crippen LogP) is 6.45. The molecule has 0 amide bonds. The first-order chi connectivity index (χ1) is 16.7. The van der Waals surface area contributed by atoms with Gasteiger partial charge in [-0.05, 0) is 67.6 Å². The van der Waals surface area contributed by atoms with E-state index in [0.29, 0.717) is 0 Å². The zero-order valence-electron chi connectivity index (χ0n) is 19.5. The van der Waals surface area contributed by atoms with Gasteiger partial charge in [-0.3, -0.25) is 4.98 Å². The van der Waals surface area contributed by atoms with E-state index in [9.17, 15) is 4.39 Å². The maximum atomic E-state index is 13.7. The number of benzene rings is 2. The van der Waals surface area contributed by atoms with Crippen molar-refractivity contribution in [1.29, 1.82) is 0 Å². The van der Waals surface area contributed by atoms with Gasteiger partial charge in [-0.1, -0.05) is 30.3 Å². The van der Waals surface area contributed by atoms with Crippen LogP contribution in [0.2, 0.25) is 0 Å². The van der Waals surface area contributed by atoms with Gasteiger partial charge in [0, 0.05) is 55.4 Å². The van der Waals surface area contributed by atoms with Gasteiger partial charge in [0.1, 0.15) is 11.6 Å². The number of hydrogen-bond acceptors (Lipinski definition) is 3. The summed E-state index contributed by atoms with van der Waals surface area (Å²) in [4.78, 5) is 11.7. The molecule has 0 spiro atoms. The van der Waals surface area contributed by atoms with Crippen LogP contribution < -0.4 is 0 Å². The average molecular weight is 453 g/mol. The normalized spacial score (nSPS) is 14.8. The number of rotatable bonds is 7. The van der Waals surface area contributed by atoms with Gasteiger partial charge in [0.25, 0.3) is 0 Å². The van der Waals surface area contributed by atoms with E-state index < -0.39 is 0 Å². The van der Waals surface area contributed by atoms with Gasteiger partial charge in [-0.15, -0.1) is 0 Å². The molecule has 5 heteroatoms. The summed E-state index contributed by atoms with van der Waals surface area (Å²) < 4.78 is 16.0. The maximum absolute atomic E-state index is 13.7. The number of nitrogens with zero attached hydrogens (tertiary/aromatic N) is 4. The molecule has 1 aliphatic rings. The Hall–Kier alpha value is -3.73. The van der Waals surface area contributed by atoms with Crippen LogP contribution in [0.25, 0.3) is 28.6 Å². The quantitative estimate of drug-likeness (QED) is 0.323. The summed E-state index contributed by atoms with van der Waals surface area (Å²) in [5.41, 5.74) is 6.54. The van der Waals surface area contributed by atoms with Crippen LogP contribution in [0.15, 0.2) is 84.8 Å². The molecule has 1 saturated heterocycles. The second-order valence-corrected chi connectivity index (χ2v) is 8.81. The fourth-order valence-electron chi connectivity index (χ4n) is 4.67. The highest BCUT2D eigenvalue weighted by atomic mass is 19.1. The topological polar surface area (TPSA) is 34.0 Å². The van der Waals surface area contributed by atoms with E-state index >= 15 is 0 Å². The standard InChI is InChI=1S/C29H29FN4/c1-33-19-6-10-26(33)21-27-32-28(23-11-13-25(30)14-12-23)29(24-15-17-31-18-16-24)34(27)20-5-9-22-7-3-2-4-8-22/h2-4,7-8,11-18,21H,5-6,9-10,19-20H2,1H3/b26-21+. The van der Waals surface area contributed by atoms with E-state index in [2.05, 4.69) is 57.9 Å². The third-order valence-electron chi connectivity index (χ3n) is 6.47. The molecule has 4 nitrogen and oxygen atoms in total. The van der Waals surface area contributed by atoms with Gasteiger partial charge in [-0.25, -0.2) is 9.37 Å². The van der Waals surface area contributed by atoms with Crippen LogP contribution in [0.4, 0.5) is 4.39 Å². The van der Waals surface area contributed by atoms with Gasteiger partial charge in [-0.2, -0.15) is 0 Å². The summed E-state index contributed by atoms with van der Waals surface area (Å²) in [6.45, 7) is 1.91. The number of allylic oxidation sites excluding steroid dienone is 1. The predicted molar refractivity (Wildman–Crippen MR) is 135 cm³/mol. The highest BCUT2D eigenvalue weighted by Gasteiger charge is 2.21. The molecule has 0 radical (unpaired) electrons. The summed E-state index contributed by atoms with van der Waals surface area (Å²) in [6.07, 6.45) is 10.1. The molecule has 0 unspecified atom stereocenters. The fraction of sp³-hybridized carbons (Fsp3) is 0.241. The van der Waals surface area contributed by atoms with Crippen molar-refractivity contribution in [2.24, 2.45) is 0 Å². The smallest absolute Gasteiger partial charge is 0.135 e. The molecule has 0 N–H and O–H groups in total. The molecular weight excluding hydrogens is 423 g/mol. The number of aryl methyl sites for hydroxylation is 1. The van der Waals surface area contributed by atoms with Crippen LogP contribution in [0.3, 0.4) is 0 Å². The van der Waals surface area contributed by atoms with E-state index in [0.717, 1.165) is 60.7 Å². The molecule has 3 heterocycles. The van der Waals surface area contributed by atoms with E-state index in [1.807, 2.05) is 36.7 Å². The number of aromatic nitrogens is 3. The molecule has 2 aromatic heterocycles. The Morgan fingerprint density at radius 3 is 2.41 bits per heavy atom. The molecule has 0 bridgehead atoms. The molecule has 2 aromatic carbocycles. The first kappa shape index (κ1) is 22.1. The number of pyridine rings is 1. The van der Waals surface area contributed by atoms with Crippen LogP contribution in [-0.2, 0) is 13.0 Å². The molecule has 5 rings (SSSR count). The summed E-state index contributed by atoms with van der Waals surface area (Å²) >= 11 is 0. The Kier molecular flexibility index (Phi) is 6.52. The van der Waals surface area contributed by atoms with Gasteiger partial charge >= 0.3 is 0 Å². The second kappa shape index (κ2) is 10.0. The maximum Gasteiger partial charge on any atom is 0.135 e. The Labute approximate surface area is 200 Å². The zero-order valence-corrected chi connectivity index (χ0v) is 19.5. The second-order valence-electron chi connectivity index (χ2n) is 8.81. The lowest BCUT2D eigenvalue weighted by Crippen LogP contribution is -2.11. The first-order valence-corrected chi connectivity index (χ1v) is 11.9. The van der Waals surface area contributed by atoms with E-state index in [4.69, 9.17) is 4.98 Å². The molecule has 172 valence electrons. The Bertz CT molecular complexity index is 1260. The third kappa shape index (κ3) is 4.79. The van der Waals surface area contributed by atoms with Crippen molar-refractivity contribution < 1.29 is 4.39 Å². The summed E-state index contributed by atoms with van der Waals surface area (Å²) in [7, 11) is 2.15. The van der Waals surface area contributed by atoms with Gasteiger partial charge in [0.05, 0.1) is 11.4 Å². The van der Waals surface area contributed by atoms with Crippen molar-refractivity contribution >= 4 is 6.08 Å². The highest BCUT2D eigenvalue weighted by molar-refractivity contribution is 5.80. The number of imidazole rings is 1. The van der Waals surface area contributed by atoms with Crippen molar-refractivity contribution in [3.05, 3.63) is 102 Å². The molecule has 1 fully saturated rings. The SMILES string of the molecule is CN1CCC/C1=C\c1nc(-c2ccc(F)cc2)c(-c2ccncc2)n1CCCc1ccccc1. The van der Waals surface area contributed by atoms with Crippen molar-refractivity contribution in [1.82, 2.24) is 19.4 Å². The lowest BCUT2D eigenvalue weighted by Gasteiger charge is -2.15. The van der Waals surface area contributed by atoms with Gasteiger partial charge in [0.2, 0.25) is 0 Å². The summed E-state index contributed by atoms with van der Waals surface area (Å²) in [5.74, 6) is 0.703. The van der Waals surface area contributed by atoms with Crippen LogP contribution in [0.5, 0.6) is 0 Å². The number of halogens is 1. The first-order valence-electron chi connectivity index (χ1n) is 11.9. The monoisotopic (exact) mass is 452 g/mol. The minimum atomic E-state index is -0.244. The third-order valence-corrected chi connectivity index (χ3v) is 6.47. The van der Waals surface area contributed by atoms with Crippen molar-refractivity contribution in [2.45, 2.75) is 32.2 Å². The fourth-order valence-corrected chi connectivity index (χ4v) is 4.67. The minimum absolute atomic E-state index is 0.244. The van der Waals surface area contributed by atoms with Crippen LogP contribution in [0.1, 0.15) is 30.7 Å². The van der Waals surface area contributed by atoms with Crippen molar-refractivity contribution in [3.8, 4) is 22.5 Å². The molecule has 0 saturated carbocycles. The Morgan fingerprint density at radius 1 is 0.941 bits per heavy atom. The molecular formula is C29H29FN4. The van der Waals surface area contributed by atoms with Crippen molar-refractivity contribution in [2.75, 3.05) is 13.6 Å². The van der Waals surface area contributed by atoms with E-state index in [-0.39, 0.29) is 5.82 Å². The number of hydrogen-bond donors (Lipinski definition) is 0. The summed E-state index contributed by atoms with van der Waals surface area (Å²) in [6, 6.07) is 21.3. The summed E-state index contributed by atoms with van der Waals surface area (Å²) in [5, 5.41) is 0. The van der Waals surface area contributed by atoms with Crippen LogP contribution >= 0.6 is 0 Å². The van der Waals surface area contributed by atoms with Crippen LogP contribution in [-0.4, -0.2) is 33.0 Å². The van der Waals surface area contributed by atoms with E-state index in [1.165, 1.54) is 29.8 Å². The lowest BCUT2D eigenvalue weighted by atomic mass is 10.1. The van der Waals surface area contributed by atoms with Gasteiger partial charge < -0.3 is 9.47 Å². The Morgan fingerprint density at radius 2 is 1.71 bits per heavy atom. The van der Waals surface area contributed by atoms with E-state index in [1.54, 1.807) is 0 Å². The largest absolute Gasteiger partial charge is 0.378 e. The molecule has 0 aliphatic carbocycles. The highest BCUT2D eigenvalue weighted by Crippen LogP contribution is 2.34. The van der Waals surface area contributed by atoms with Crippen LogP contribution in [0, 0.1) is 5.82 Å². The molecule has 0 atom stereocenters.